The lowest BCUT2D eigenvalue weighted by molar-refractivity contribution is -0.266. The van der Waals surface area contributed by atoms with Gasteiger partial charge in [0.15, 0.2) is 13.2 Å². The van der Waals surface area contributed by atoms with Gasteiger partial charge < -0.3 is 52.4 Å². The molecule has 1 amide bonds. The maximum atomic E-state index is 14.7. The van der Waals surface area contributed by atoms with Crippen molar-refractivity contribution in [2.45, 2.75) is 199 Å². The Morgan fingerprint density at radius 1 is 0.795 bits per heavy atom. The monoisotopic (exact) mass is 1120 g/mol. The normalized spacial score (nSPS) is 35.2. The number of Topliss-reactive ketones (excluding diaryl/α,β-unsaturated/α-hetero) is 3. The van der Waals surface area contributed by atoms with Gasteiger partial charge in [0.1, 0.15) is 30.1 Å². The van der Waals surface area contributed by atoms with Crippen molar-refractivity contribution in [3.05, 3.63) is 47.6 Å². The summed E-state index contributed by atoms with van der Waals surface area (Å²) in [7, 11) is 1.80. The summed E-state index contributed by atoms with van der Waals surface area (Å²) in [6.45, 7) is 18.3. The summed E-state index contributed by atoms with van der Waals surface area (Å²) < 4.78 is 67.1. The molecule has 1 N–H and O–H groups in total. The zero-order valence-electron chi connectivity index (χ0n) is 49.0. The van der Waals surface area contributed by atoms with Crippen LogP contribution >= 0.6 is 7.37 Å². The van der Waals surface area contributed by atoms with E-state index < -0.39 is 79.2 Å². The van der Waals surface area contributed by atoms with Crippen LogP contribution in [-0.4, -0.2) is 168 Å². The predicted octanol–water partition coefficient (Wildman–Crippen LogP) is 8.96. The lowest BCUT2D eigenvalue weighted by atomic mass is 9.78. The molecule has 0 radical (unpaired) electrons. The van der Waals surface area contributed by atoms with E-state index in [9.17, 15) is 33.6 Å². The number of carbonyl (C=O) groups excluding carboxylic acids is 5. The Balaban J connectivity index is 1.47. The summed E-state index contributed by atoms with van der Waals surface area (Å²) >= 11 is 0. The van der Waals surface area contributed by atoms with Crippen molar-refractivity contribution in [1.82, 2.24) is 4.90 Å². The SMILES string of the molecule is CO[C@@H]1C(C)=C[C@@H](C)C(=O)C[C@@H]([C@H](C)C[C@@H]2CC[C@@H](OP(C)(C)=O)[C@H](OC)C2)OC(=O)[C@@H]2CCCCN2C(=O)C(=O)[C@]2(O)O[C@@H](CC[C@H]2C)C[C@@H](OCCOC2CCOCC2)C(C)=CC=CC=C[C@@H](C)C[C@@H](C)C(=O)[C@@H]1OC. The van der Waals surface area contributed by atoms with Crippen LogP contribution in [0.1, 0.15) is 138 Å². The molecule has 18 heteroatoms. The first-order chi connectivity index (χ1) is 37.0. The number of esters is 1. The number of rotatable bonds is 13. The standard InChI is InChI=1S/C60H96NO16P/c1-38-18-14-13-15-19-39(2)51(74-31-30-73-46-25-28-72-29-26-46)36-47-23-21-44(7)60(67,76-47)57(64)58(65)61-27-17-16-20-48(61)59(66)75-52(41(4)34-45-22-24-50(53(35-45)69-8)77-78(11,12)68)37-49(62)40(3)33-43(6)55(70-9)56(71-10)54(63)42(5)32-38/h13-15,18-19,33,38,40-42,44-48,50-53,55-56,67H,16-17,20-32,34-37H2,1-12H3/t38-,40-,41-,42-,44-,45+,47+,48+,50-,51-,52+,53-,55-,56+,60-/m1/s1. The third-order valence-corrected chi connectivity index (χ3v) is 17.5. The van der Waals surface area contributed by atoms with Gasteiger partial charge in [0.05, 0.1) is 43.7 Å². The first-order valence-electron chi connectivity index (χ1n) is 28.8. The Kier molecular flexibility index (Phi) is 26.3. The fraction of sp³-hybridized carbons (Fsp3) is 0.783. The van der Waals surface area contributed by atoms with Crippen LogP contribution in [0.25, 0.3) is 0 Å². The van der Waals surface area contributed by atoms with Crippen molar-refractivity contribution in [1.29, 1.82) is 0 Å². The van der Waals surface area contributed by atoms with Crippen LogP contribution < -0.4 is 0 Å². The van der Waals surface area contributed by atoms with Crippen LogP contribution in [0.15, 0.2) is 47.6 Å². The van der Waals surface area contributed by atoms with Gasteiger partial charge in [-0.05, 0) is 120 Å². The third kappa shape index (κ3) is 18.9. The van der Waals surface area contributed by atoms with Gasteiger partial charge in [-0.3, -0.25) is 23.7 Å². The molecule has 17 nitrogen and oxygen atoms in total. The number of fused-ring (bicyclic) bond motifs is 3. The minimum absolute atomic E-state index is 0.0292. The third-order valence-electron chi connectivity index (χ3n) is 16.7. The number of piperidine rings is 1. The quantitative estimate of drug-likeness (QED) is 0.0600. The zero-order valence-corrected chi connectivity index (χ0v) is 49.9. The van der Waals surface area contributed by atoms with Crippen molar-refractivity contribution < 1.29 is 76.1 Å². The molecule has 0 aromatic carbocycles. The fourth-order valence-electron chi connectivity index (χ4n) is 12.0. The first-order valence-corrected chi connectivity index (χ1v) is 31.4. The molecule has 0 spiro atoms. The van der Waals surface area contributed by atoms with Gasteiger partial charge in [-0.25, -0.2) is 4.79 Å². The molecule has 442 valence electrons. The number of hydrogen-bond donors (Lipinski definition) is 1. The second-order valence-electron chi connectivity index (χ2n) is 23.4. The van der Waals surface area contributed by atoms with Crippen molar-refractivity contribution in [3.63, 3.8) is 0 Å². The summed E-state index contributed by atoms with van der Waals surface area (Å²) in [6.07, 6.45) is 14.1. The Hall–Kier alpha value is -3.22. The van der Waals surface area contributed by atoms with E-state index in [0.717, 1.165) is 24.8 Å². The average Bonchev–Trinajstić information content (AvgIpc) is 3.45. The van der Waals surface area contributed by atoms with Crippen LogP contribution in [0.2, 0.25) is 0 Å². The number of aliphatic hydroxyl groups is 1. The number of ether oxygens (including phenoxy) is 8. The van der Waals surface area contributed by atoms with Crippen molar-refractivity contribution in [2.75, 3.05) is 67.6 Å². The Bertz CT molecular complexity index is 2150. The number of methoxy groups -OCH3 is 3. The van der Waals surface area contributed by atoms with Gasteiger partial charge in [0, 0.05) is 85.0 Å². The molecular weight excluding hydrogens is 1020 g/mol. The van der Waals surface area contributed by atoms with E-state index in [1.165, 1.54) is 19.1 Å². The lowest BCUT2D eigenvalue weighted by Gasteiger charge is -2.43. The highest BCUT2D eigenvalue weighted by atomic mass is 31.2. The number of amides is 1. The first kappa shape index (κ1) is 65.6. The molecule has 0 aromatic rings. The average molecular weight is 1120 g/mol. The zero-order chi connectivity index (χ0) is 57.3. The molecule has 0 aromatic heterocycles. The number of ketones is 3. The molecule has 4 fully saturated rings. The van der Waals surface area contributed by atoms with Gasteiger partial charge in [-0.2, -0.15) is 0 Å². The maximum absolute atomic E-state index is 14.7. The van der Waals surface area contributed by atoms with Gasteiger partial charge in [-0.15, -0.1) is 0 Å². The second kappa shape index (κ2) is 31.3. The molecule has 78 heavy (non-hydrogen) atoms. The molecule has 5 aliphatic rings. The van der Waals surface area contributed by atoms with E-state index in [0.29, 0.717) is 76.8 Å². The Labute approximate surface area is 465 Å². The Morgan fingerprint density at radius 3 is 2.18 bits per heavy atom. The molecule has 15 atom stereocenters. The van der Waals surface area contributed by atoms with Crippen LogP contribution in [0, 0.1) is 35.5 Å². The topological polar surface area (TPSA) is 209 Å². The second-order valence-corrected chi connectivity index (χ2v) is 26.2. The summed E-state index contributed by atoms with van der Waals surface area (Å²) in [5.41, 5.74) is 1.51. The smallest absolute Gasteiger partial charge is 0.329 e. The van der Waals surface area contributed by atoms with E-state index >= 15 is 0 Å². The van der Waals surface area contributed by atoms with Gasteiger partial charge in [0.25, 0.3) is 11.7 Å². The molecule has 5 rings (SSSR count). The minimum atomic E-state index is -2.80. The molecule has 4 aliphatic heterocycles. The highest BCUT2D eigenvalue weighted by Gasteiger charge is 2.53. The lowest BCUT2D eigenvalue weighted by Crippen LogP contribution is -2.61. The fourth-order valence-corrected chi connectivity index (χ4v) is 12.9. The number of nitrogens with zero attached hydrogens (tertiary/aromatic N) is 1. The van der Waals surface area contributed by atoms with Gasteiger partial charge in [-0.1, -0.05) is 71.1 Å². The van der Waals surface area contributed by atoms with Crippen LogP contribution in [0.4, 0.5) is 0 Å². The number of cyclic esters (lactones) is 1. The molecule has 1 aliphatic carbocycles. The van der Waals surface area contributed by atoms with E-state index in [4.69, 9.17) is 42.4 Å². The number of hydrogen-bond acceptors (Lipinski definition) is 16. The summed E-state index contributed by atoms with van der Waals surface area (Å²) in [4.78, 5) is 73.6. The van der Waals surface area contributed by atoms with Gasteiger partial charge >= 0.3 is 5.97 Å². The molecular formula is C60H96NO16P. The van der Waals surface area contributed by atoms with E-state index in [2.05, 4.69) is 0 Å². The molecule has 4 heterocycles. The summed E-state index contributed by atoms with van der Waals surface area (Å²) in [5, 5.41) is 12.3. The van der Waals surface area contributed by atoms with E-state index in [1.54, 1.807) is 40.4 Å². The highest BCUT2D eigenvalue weighted by molar-refractivity contribution is 7.57. The molecule has 2 bridgehead atoms. The predicted molar refractivity (Wildman–Crippen MR) is 297 cm³/mol. The molecule has 3 saturated heterocycles. The maximum Gasteiger partial charge on any atom is 0.329 e. The largest absolute Gasteiger partial charge is 0.460 e. The number of allylic oxidation sites excluding steroid dienone is 6. The minimum Gasteiger partial charge on any atom is -0.460 e. The van der Waals surface area contributed by atoms with Crippen molar-refractivity contribution >= 4 is 36.6 Å². The Morgan fingerprint density at radius 2 is 1.50 bits per heavy atom. The van der Waals surface area contributed by atoms with Gasteiger partial charge in [0.2, 0.25) is 5.79 Å². The number of carbonyl (C=O) groups is 5. The molecule has 0 unspecified atom stereocenters. The van der Waals surface area contributed by atoms with Crippen molar-refractivity contribution in [3.8, 4) is 0 Å². The van der Waals surface area contributed by atoms with Crippen LogP contribution in [0.3, 0.4) is 0 Å². The van der Waals surface area contributed by atoms with Crippen molar-refractivity contribution in [2.24, 2.45) is 35.5 Å². The summed E-state index contributed by atoms with van der Waals surface area (Å²) in [6, 6.07) is -1.16. The van der Waals surface area contributed by atoms with E-state index in [-0.39, 0.29) is 86.0 Å². The van der Waals surface area contributed by atoms with Crippen LogP contribution in [0.5, 0.6) is 0 Å². The van der Waals surface area contributed by atoms with Crippen LogP contribution in [-0.2, 0) is 71.0 Å². The molecule has 1 saturated carbocycles. The van der Waals surface area contributed by atoms with E-state index in [1.807, 2.05) is 65.0 Å². The highest BCUT2D eigenvalue weighted by Crippen LogP contribution is 2.45. The summed E-state index contributed by atoms with van der Waals surface area (Å²) in [5.74, 6) is -7.78.